The first kappa shape index (κ1) is 15.4. The Kier molecular flexibility index (Phi) is 6.84. The van der Waals surface area contributed by atoms with E-state index >= 15 is 0 Å². The van der Waals surface area contributed by atoms with Gasteiger partial charge >= 0.3 is 0 Å². The second kappa shape index (κ2) is 8.44. The highest BCUT2D eigenvalue weighted by Crippen LogP contribution is 2.17. The second-order valence-electron chi connectivity index (χ2n) is 3.99. The maximum Gasteiger partial charge on any atom is 0.243 e. The number of rotatable bonds is 8. The number of hydrogen-bond acceptors (Lipinski definition) is 3. The summed E-state index contributed by atoms with van der Waals surface area (Å²) in [5.74, 6) is -0.223. The standard InChI is InChI=1S/C13H18N2O3S/c1-2-13(16)14-10-6-9-12(15-19(17)18)11-7-4-3-5-8-11/h2-5,7-8,12,19H,1,6,9-10H2,(H,14,16)(H,15,17,18). The predicted molar refractivity (Wildman–Crippen MR) is 75.1 cm³/mol. The summed E-state index contributed by atoms with van der Waals surface area (Å²) < 4.78 is 24.1. The third kappa shape index (κ3) is 6.17. The normalized spacial score (nSPS) is 12.1. The van der Waals surface area contributed by atoms with Gasteiger partial charge in [-0.3, -0.25) is 4.79 Å². The van der Waals surface area contributed by atoms with Crippen molar-refractivity contribution in [2.45, 2.75) is 18.9 Å². The predicted octanol–water partition coefficient (Wildman–Crippen LogP) is 0.926. The summed E-state index contributed by atoms with van der Waals surface area (Å²) in [6.45, 7) is 3.85. The van der Waals surface area contributed by atoms with Crippen LogP contribution in [-0.4, -0.2) is 20.9 Å². The molecule has 6 heteroatoms. The lowest BCUT2D eigenvalue weighted by molar-refractivity contribution is -0.116. The summed E-state index contributed by atoms with van der Waals surface area (Å²) in [5.41, 5.74) is 0.914. The molecule has 0 aliphatic rings. The van der Waals surface area contributed by atoms with E-state index in [1.807, 2.05) is 30.3 Å². The van der Waals surface area contributed by atoms with E-state index < -0.39 is 10.9 Å². The first-order valence-corrected chi connectivity index (χ1v) is 7.17. The molecule has 1 unspecified atom stereocenters. The molecule has 0 bridgehead atoms. The van der Waals surface area contributed by atoms with E-state index in [-0.39, 0.29) is 11.9 Å². The van der Waals surface area contributed by atoms with Crippen LogP contribution in [0.1, 0.15) is 24.4 Å². The lowest BCUT2D eigenvalue weighted by Gasteiger charge is -2.15. The zero-order chi connectivity index (χ0) is 14.1. The van der Waals surface area contributed by atoms with Crippen LogP contribution in [0.25, 0.3) is 0 Å². The summed E-state index contributed by atoms with van der Waals surface area (Å²) in [6, 6.07) is 9.09. The Bertz CT molecular complexity index is 478. The zero-order valence-corrected chi connectivity index (χ0v) is 11.4. The topological polar surface area (TPSA) is 75.3 Å². The number of amides is 1. The van der Waals surface area contributed by atoms with Crippen LogP contribution in [0, 0.1) is 0 Å². The van der Waals surface area contributed by atoms with Crippen LogP contribution in [0.4, 0.5) is 0 Å². The molecule has 0 heterocycles. The molecule has 1 aromatic rings. The molecule has 2 N–H and O–H groups in total. The quantitative estimate of drug-likeness (QED) is 0.377. The van der Waals surface area contributed by atoms with Crippen molar-refractivity contribution >= 4 is 16.8 Å². The smallest absolute Gasteiger partial charge is 0.243 e. The summed E-state index contributed by atoms with van der Waals surface area (Å²) in [6.07, 6.45) is 2.50. The lowest BCUT2D eigenvalue weighted by Crippen LogP contribution is -2.24. The molecule has 0 spiro atoms. The van der Waals surface area contributed by atoms with Crippen LogP contribution in [0.15, 0.2) is 43.0 Å². The molecule has 5 nitrogen and oxygen atoms in total. The van der Waals surface area contributed by atoms with Gasteiger partial charge < -0.3 is 5.32 Å². The molecule has 104 valence electrons. The van der Waals surface area contributed by atoms with E-state index in [1.165, 1.54) is 6.08 Å². The van der Waals surface area contributed by atoms with Crippen molar-refractivity contribution in [2.24, 2.45) is 0 Å². The maximum atomic E-state index is 11.0. The van der Waals surface area contributed by atoms with Gasteiger partial charge in [-0.1, -0.05) is 36.9 Å². The van der Waals surface area contributed by atoms with Crippen molar-refractivity contribution in [3.63, 3.8) is 0 Å². The van der Waals surface area contributed by atoms with Crippen LogP contribution in [0.2, 0.25) is 0 Å². The minimum Gasteiger partial charge on any atom is -0.353 e. The van der Waals surface area contributed by atoms with Gasteiger partial charge in [0.15, 0.2) is 0 Å². The SMILES string of the molecule is C=CC(=O)NCCCC(N[SH](=O)=O)c1ccccc1. The number of thiol groups is 1. The number of hydrogen-bond donors (Lipinski definition) is 3. The fourth-order valence-corrected chi connectivity index (χ4v) is 2.24. The molecular formula is C13H18N2O3S. The van der Waals surface area contributed by atoms with E-state index in [9.17, 15) is 13.2 Å². The van der Waals surface area contributed by atoms with Crippen LogP contribution in [0.5, 0.6) is 0 Å². The molecular weight excluding hydrogens is 264 g/mol. The summed E-state index contributed by atoms with van der Waals surface area (Å²) in [4.78, 5) is 11.0. The maximum absolute atomic E-state index is 11.0. The highest BCUT2D eigenvalue weighted by Gasteiger charge is 2.11. The van der Waals surface area contributed by atoms with E-state index in [1.54, 1.807) is 0 Å². The molecule has 0 radical (unpaired) electrons. The molecule has 0 aliphatic heterocycles. The Labute approximate surface area is 114 Å². The van der Waals surface area contributed by atoms with Crippen molar-refractivity contribution < 1.29 is 13.2 Å². The summed E-state index contributed by atoms with van der Waals surface area (Å²) >= 11 is 0. The van der Waals surface area contributed by atoms with E-state index in [0.717, 1.165) is 5.56 Å². The Morgan fingerprint density at radius 1 is 1.32 bits per heavy atom. The molecule has 1 atom stereocenters. The number of carbonyl (C=O) groups is 1. The van der Waals surface area contributed by atoms with Crippen LogP contribution in [0.3, 0.4) is 0 Å². The molecule has 0 saturated carbocycles. The minimum absolute atomic E-state index is 0.223. The van der Waals surface area contributed by atoms with Crippen molar-refractivity contribution in [1.82, 2.24) is 10.0 Å². The Morgan fingerprint density at radius 2 is 2.00 bits per heavy atom. The molecule has 0 saturated heterocycles. The van der Waals surface area contributed by atoms with Gasteiger partial charge in [-0.25, -0.2) is 13.1 Å². The van der Waals surface area contributed by atoms with Gasteiger partial charge in [0.1, 0.15) is 0 Å². The zero-order valence-electron chi connectivity index (χ0n) is 10.5. The Balaban J connectivity index is 2.51. The van der Waals surface area contributed by atoms with Crippen LogP contribution < -0.4 is 10.0 Å². The van der Waals surface area contributed by atoms with E-state index in [2.05, 4.69) is 16.6 Å². The van der Waals surface area contributed by atoms with Gasteiger partial charge in [-0.15, -0.1) is 0 Å². The summed E-state index contributed by atoms with van der Waals surface area (Å²) in [7, 11) is -2.65. The molecule has 0 aliphatic carbocycles. The summed E-state index contributed by atoms with van der Waals surface area (Å²) in [5, 5.41) is 2.66. The Morgan fingerprint density at radius 3 is 2.58 bits per heavy atom. The van der Waals surface area contributed by atoms with Gasteiger partial charge in [0.2, 0.25) is 16.8 Å². The van der Waals surface area contributed by atoms with E-state index in [4.69, 9.17) is 0 Å². The van der Waals surface area contributed by atoms with Gasteiger partial charge in [0, 0.05) is 12.6 Å². The average molecular weight is 282 g/mol. The molecule has 1 aromatic carbocycles. The van der Waals surface area contributed by atoms with E-state index in [0.29, 0.717) is 19.4 Å². The number of benzene rings is 1. The fraction of sp³-hybridized carbons (Fsp3) is 0.308. The largest absolute Gasteiger partial charge is 0.353 e. The second-order valence-corrected chi connectivity index (χ2v) is 4.76. The highest BCUT2D eigenvalue weighted by atomic mass is 32.2. The first-order chi connectivity index (χ1) is 9.13. The third-order valence-electron chi connectivity index (χ3n) is 2.62. The van der Waals surface area contributed by atoms with Gasteiger partial charge in [-0.2, -0.15) is 0 Å². The molecule has 0 fully saturated rings. The lowest BCUT2D eigenvalue weighted by atomic mass is 10.0. The minimum atomic E-state index is -2.65. The molecule has 19 heavy (non-hydrogen) atoms. The first-order valence-electron chi connectivity index (χ1n) is 5.99. The van der Waals surface area contributed by atoms with Crippen molar-refractivity contribution in [2.75, 3.05) is 6.54 Å². The third-order valence-corrected chi connectivity index (χ3v) is 3.14. The van der Waals surface area contributed by atoms with Gasteiger partial charge in [-0.05, 0) is 24.5 Å². The van der Waals surface area contributed by atoms with Gasteiger partial charge in [0.05, 0.1) is 0 Å². The van der Waals surface area contributed by atoms with Crippen LogP contribution >= 0.6 is 0 Å². The number of nitrogens with one attached hydrogen (secondary N) is 2. The van der Waals surface area contributed by atoms with Crippen molar-refractivity contribution in [1.29, 1.82) is 0 Å². The van der Waals surface area contributed by atoms with Crippen molar-refractivity contribution in [3.8, 4) is 0 Å². The average Bonchev–Trinajstić information content (AvgIpc) is 2.42. The fourth-order valence-electron chi connectivity index (χ4n) is 1.71. The van der Waals surface area contributed by atoms with Crippen molar-refractivity contribution in [3.05, 3.63) is 48.6 Å². The van der Waals surface area contributed by atoms with Crippen LogP contribution in [-0.2, 0) is 15.7 Å². The monoisotopic (exact) mass is 282 g/mol. The highest BCUT2D eigenvalue weighted by molar-refractivity contribution is 7.70. The molecule has 0 aromatic heterocycles. The Hall–Kier alpha value is -1.66. The van der Waals surface area contributed by atoms with Gasteiger partial charge in [0.25, 0.3) is 0 Å². The molecule has 1 amide bonds. The molecule has 1 rings (SSSR count). The number of carbonyl (C=O) groups excluding carboxylic acids is 1.